The van der Waals surface area contributed by atoms with Crippen molar-refractivity contribution in [2.45, 2.75) is 37.0 Å². The van der Waals surface area contributed by atoms with E-state index in [9.17, 15) is 8.42 Å². The minimum absolute atomic E-state index is 0.0102. The highest BCUT2D eigenvalue weighted by Gasteiger charge is 2.27. The highest BCUT2D eigenvalue weighted by atomic mass is 35.5. The highest BCUT2D eigenvalue weighted by molar-refractivity contribution is 7.92. The third kappa shape index (κ3) is 3.59. The van der Waals surface area contributed by atoms with E-state index in [2.05, 4.69) is 4.98 Å². The molecule has 0 aliphatic heterocycles. The third-order valence-electron chi connectivity index (χ3n) is 2.51. The summed E-state index contributed by atoms with van der Waals surface area (Å²) in [5.41, 5.74) is 0. The Balaban J connectivity index is 3.07. The Morgan fingerprint density at radius 2 is 2.22 bits per heavy atom. The summed E-state index contributed by atoms with van der Waals surface area (Å²) < 4.78 is 30.0. The standard InChI is InChI=1S/C12H18ClNO3S/c1-3-9-17-11-5-4-8-14-12(11)18(15,16)10(2)6-7-13/h4-5,8,10H,3,6-7,9H2,1-2H3. The molecule has 4 nitrogen and oxygen atoms in total. The number of nitrogens with zero attached hydrogens (tertiary/aromatic N) is 1. The number of sulfone groups is 1. The third-order valence-corrected chi connectivity index (χ3v) is 4.87. The average Bonchev–Trinajstić information content (AvgIpc) is 2.37. The van der Waals surface area contributed by atoms with E-state index in [1.807, 2.05) is 6.92 Å². The number of hydrogen-bond acceptors (Lipinski definition) is 4. The molecule has 1 rings (SSSR count). The van der Waals surface area contributed by atoms with E-state index >= 15 is 0 Å². The van der Waals surface area contributed by atoms with Crippen molar-refractivity contribution >= 4 is 21.4 Å². The topological polar surface area (TPSA) is 56.3 Å². The van der Waals surface area contributed by atoms with Gasteiger partial charge in [-0.05, 0) is 31.9 Å². The second-order valence-electron chi connectivity index (χ2n) is 3.99. The van der Waals surface area contributed by atoms with Crippen molar-refractivity contribution in [2.75, 3.05) is 12.5 Å². The zero-order chi connectivity index (χ0) is 13.6. The zero-order valence-corrected chi connectivity index (χ0v) is 12.2. The first-order valence-electron chi connectivity index (χ1n) is 5.91. The average molecular weight is 292 g/mol. The summed E-state index contributed by atoms with van der Waals surface area (Å²) in [6.45, 7) is 4.06. The monoisotopic (exact) mass is 291 g/mol. The Morgan fingerprint density at radius 3 is 2.83 bits per heavy atom. The number of halogens is 1. The SMILES string of the molecule is CCCOc1cccnc1S(=O)(=O)C(C)CCCl. The van der Waals surface area contributed by atoms with E-state index in [0.29, 0.717) is 24.7 Å². The Hall–Kier alpha value is -0.810. The number of aromatic nitrogens is 1. The second-order valence-corrected chi connectivity index (χ2v) is 6.65. The van der Waals surface area contributed by atoms with Crippen LogP contribution in [0.1, 0.15) is 26.7 Å². The van der Waals surface area contributed by atoms with Crippen molar-refractivity contribution < 1.29 is 13.2 Å². The molecule has 0 bridgehead atoms. The molecular weight excluding hydrogens is 274 g/mol. The highest BCUT2D eigenvalue weighted by Crippen LogP contribution is 2.25. The van der Waals surface area contributed by atoms with Crippen molar-refractivity contribution in [2.24, 2.45) is 0 Å². The smallest absolute Gasteiger partial charge is 0.201 e. The van der Waals surface area contributed by atoms with Gasteiger partial charge in [0.15, 0.2) is 10.8 Å². The van der Waals surface area contributed by atoms with Gasteiger partial charge in [0.05, 0.1) is 11.9 Å². The molecule has 0 aromatic carbocycles. The molecule has 1 unspecified atom stereocenters. The predicted molar refractivity (Wildman–Crippen MR) is 72.0 cm³/mol. The van der Waals surface area contributed by atoms with Crippen molar-refractivity contribution in [3.8, 4) is 5.75 Å². The molecule has 0 saturated heterocycles. The fourth-order valence-electron chi connectivity index (χ4n) is 1.41. The van der Waals surface area contributed by atoms with Gasteiger partial charge in [0.1, 0.15) is 0 Å². The van der Waals surface area contributed by atoms with Gasteiger partial charge in [-0.1, -0.05) is 6.92 Å². The van der Waals surface area contributed by atoms with Gasteiger partial charge in [-0.15, -0.1) is 11.6 Å². The number of alkyl halides is 1. The van der Waals surface area contributed by atoms with Crippen molar-refractivity contribution in [1.29, 1.82) is 0 Å². The van der Waals surface area contributed by atoms with Crippen molar-refractivity contribution in [3.63, 3.8) is 0 Å². The van der Waals surface area contributed by atoms with Crippen LogP contribution in [-0.2, 0) is 9.84 Å². The summed E-state index contributed by atoms with van der Waals surface area (Å²) >= 11 is 5.60. The minimum atomic E-state index is -3.48. The Kier molecular flexibility index (Phi) is 5.88. The van der Waals surface area contributed by atoms with Gasteiger partial charge >= 0.3 is 0 Å². The molecular formula is C12H18ClNO3S. The summed E-state index contributed by atoms with van der Waals surface area (Å²) in [6, 6.07) is 3.29. The lowest BCUT2D eigenvalue weighted by Crippen LogP contribution is -2.20. The molecule has 0 aliphatic rings. The summed E-state index contributed by atoms with van der Waals surface area (Å²) in [4.78, 5) is 3.95. The maximum absolute atomic E-state index is 12.3. The van der Waals surface area contributed by atoms with Crippen LogP contribution in [0.4, 0.5) is 0 Å². The van der Waals surface area contributed by atoms with E-state index in [-0.39, 0.29) is 5.03 Å². The normalized spacial score (nSPS) is 13.3. The molecule has 1 atom stereocenters. The maximum Gasteiger partial charge on any atom is 0.201 e. The first kappa shape index (κ1) is 15.2. The Bertz CT molecular complexity index is 476. The number of ether oxygens (including phenoxy) is 1. The lowest BCUT2D eigenvalue weighted by atomic mass is 10.4. The zero-order valence-electron chi connectivity index (χ0n) is 10.6. The fraction of sp³-hybridized carbons (Fsp3) is 0.583. The summed E-state index contributed by atoms with van der Waals surface area (Å²) in [5.74, 6) is 0.624. The van der Waals surface area contributed by atoms with E-state index in [0.717, 1.165) is 6.42 Å². The van der Waals surface area contributed by atoms with Crippen LogP contribution in [0.3, 0.4) is 0 Å². The molecule has 102 valence electrons. The first-order valence-corrected chi connectivity index (χ1v) is 7.99. The molecule has 0 radical (unpaired) electrons. The van der Waals surface area contributed by atoms with Crippen LogP contribution in [0.5, 0.6) is 5.75 Å². The maximum atomic E-state index is 12.3. The predicted octanol–water partition coefficient (Wildman–Crippen LogP) is 2.66. The number of pyridine rings is 1. The largest absolute Gasteiger partial charge is 0.491 e. The van der Waals surface area contributed by atoms with Gasteiger partial charge < -0.3 is 4.74 Å². The van der Waals surface area contributed by atoms with Crippen LogP contribution >= 0.6 is 11.6 Å². The molecule has 1 aromatic rings. The molecule has 6 heteroatoms. The van der Waals surface area contributed by atoms with Gasteiger partial charge in [0.25, 0.3) is 0 Å². The molecule has 1 heterocycles. The molecule has 18 heavy (non-hydrogen) atoms. The quantitative estimate of drug-likeness (QED) is 0.725. The second kappa shape index (κ2) is 6.95. The molecule has 0 aliphatic carbocycles. The van der Waals surface area contributed by atoms with Gasteiger partial charge in [-0.25, -0.2) is 13.4 Å². The molecule has 0 fully saturated rings. The van der Waals surface area contributed by atoms with Crippen molar-refractivity contribution in [1.82, 2.24) is 4.98 Å². The minimum Gasteiger partial charge on any atom is -0.491 e. The van der Waals surface area contributed by atoms with Gasteiger partial charge in [0.2, 0.25) is 9.84 Å². The van der Waals surface area contributed by atoms with Gasteiger partial charge in [-0.2, -0.15) is 0 Å². The summed E-state index contributed by atoms with van der Waals surface area (Å²) in [7, 11) is -3.48. The lowest BCUT2D eigenvalue weighted by Gasteiger charge is -2.14. The van der Waals surface area contributed by atoms with Crippen LogP contribution < -0.4 is 4.74 Å². The van der Waals surface area contributed by atoms with Crippen LogP contribution in [0.2, 0.25) is 0 Å². The lowest BCUT2D eigenvalue weighted by molar-refractivity contribution is 0.306. The first-order chi connectivity index (χ1) is 8.54. The summed E-state index contributed by atoms with van der Waals surface area (Å²) in [5, 5.41) is -0.551. The molecule has 0 saturated carbocycles. The fourth-order valence-corrected chi connectivity index (χ4v) is 3.29. The Morgan fingerprint density at radius 1 is 1.50 bits per heavy atom. The van der Waals surface area contributed by atoms with E-state index < -0.39 is 15.1 Å². The molecule has 0 amide bonds. The van der Waals surface area contributed by atoms with Crippen LogP contribution in [0, 0.1) is 0 Å². The number of rotatable bonds is 7. The van der Waals surface area contributed by atoms with E-state index in [1.165, 1.54) is 6.20 Å². The number of hydrogen-bond donors (Lipinski definition) is 0. The Labute approximate surface area is 113 Å². The van der Waals surface area contributed by atoms with Crippen molar-refractivity contribution in [3.05, 3.63) is 18.3 Å². The molecule has 0 spiro atoms. The molecule has 1 aromatic heterocycles. The van der Waals surface area contributed by atoms with Crippen LogP contribution in [0.25, 0.3) is 0 Å². The van der Waals surface area contributed by atoms with Gasteiger partial charge in [-0.3, -0.25) is 0 Å². The molecule has 0 N–H and O–H groups in total. The van der Waals surface area contributed by atoms with Gasteiger partial charge in [0, 0.05) is 12.1 Å². The van der Waals surface area contributed by atoms with Crippen LogP contribution in [-0.4, -0.2) is 31.1 Å². The van der Waals surface area contributed by atoms with E-state index in [4.69, 9.17) is 16.3 Å². The van der Waals surface area contributed by atoms with E-state index in [1.54, 1.807) is 19.1 Å². The summed E-state index contributed by atoms with van der Waals surface area (Å²) in [6.07, 6.45) is 2.67. The van der Waals surface area contributed by atoms with Crippen LogP contribution in [0.15, 0.2) is 23.4 Å².